The smallest absolute Gasteiger partial charge is 0.233 e. The van der Waals surface area contributed by atoms with Gasteiger partial charge in [-0.25, -0.2) is 0 Å². The summed E-state index contributed by atoms with van der Waals surface area (Å²) in [4.78, 5) is 4.45. The maximum Gasteiger partial charge on any atom is 0.233 e. The molecule has 2 aromatic rings. The molecule has 2 N–H and O–H groups in total. The van der Waals surface area contributed by atoms with Crippen LogP contribution in [-0.4, -0.2) is 10.1 Å². The van der Waals surface area contributed by atoms with E-state index in [-0.39, 0.29) is 5.92 Å². The second-order valence-corrected chi connectivity index (χ2v) is 6.18. The van der Waals surface area contributed by atoms with E-state index in [4.69, 9.17) is 33.5 Å². The molecule has 1 heterocycles. The Kier molecular flexibility index (Phi) is 3.48. The van der Waals surface area contributed by atoms with E-state index in [1.165, 1.54) is 0 Å². The van der Waals surface area contributed by atoms with Gasteiger partial charge < -0.3 is 10.3 Å². The van der Waals surface area contributed by atoms with Gasteiger partial charge in [0.05, 0.1) is 21.5 Å². The van der Waals surface area contributed by atoms with Gasteiger partial charge in [-0.1, -0.05) is 34.4 Å². The first-order chi connectivity index (χ1) is 9.49. The summed E-state index contributed by atoms with van der Waals surface area (Å²) in [6.07, 6.45) is 2.93. The Balaban J connectivity index is 1.86. The third-order valence-corrected chi connectivity index (χ3v) is 4.69. The Bertz CT molecular complexity index is 637. The van der Waals surface area contributed by atoms with Crippen molar-refractivity contribution in [3.63, 3.8) is 0 Å². The minimum Gasteiger partial charge on any atom is -0.339 e. The molecule has 0 bridgehead atoms. The fourth-order valence-corrected chi connectivity index (χ4v) is 2.63. The zero-order valence-electron chi connectivity index (χ0n) is 11.1. The molecule has 0 aliphatic heterocycles. The average Bonchev–Trinajstić information content (AvgIpc) is 2.88. The van der Waals surface area contributed by atoms with Crippen LogP contribution >= 0.6 is 23.2 Å². The predicted molar refractivity (Wildman–Crippen MR) is 78.0 cm³/mol. The third kappa shape index (κ3) is 2.32. The lowest BCUT2D eigenvalue weighted by Gasteiger charge is -2.34. The van der Waals surface area contributed by atoms with Crippen molar-refractivity contribution >= 4 is 23.2 Å². The van der Waals surface area contributed by atoms with Gasteiger partial charge in [0, 0.05) is 0 Å². The molecule has 106 valence electrons. The topological polar surface area (TPSA) is 64.9 Å². The number of hydrogen-bond acceptors (Lipinski definition) is 4. The van der Waals surface area contributed by atoms with Crippen LogP contribution in [0.15, 0.2) is 22.7 Å². The van der Waals surface area contributed by atoms with E-state index in [1.54, 1.807) is 6.07 Å². The standard InChI is InChI=1S/C14H15Cl2N3O/c1-8(9-3-4-10(15)11(16)7-9)12-18-13(19-20-12)14(17)5-2-6-14/h3-4,7-8H,2,5-6,17H2,1H3. The molecule has 1 aliphatic carbocycles. The summed E-state index contributed by atoms with van der Waals surface area (Å²) in [6, 6.07) is 5.49. The van der Waals surface area contributed by atoms with Crippen molar-refractivity contribution in [3.05, 3.63) is 45.5 Å². The van der Waals surface area contributed by atoms with E-state index in [2.05, 4.69) is 10.1 Å². The van der Waals surface area contributed by atoms with Gasteiger partial charge in [-0.2, -0.15) is 4.98 Å². The lowest BCUT2D eigenvalue weighted by atomic mass is 9.77. The maximum absolute atomic E-state index is 6.20. The zero-order chi connectivity index (χ0) is 14.3. The molecule has 1 aromatic heterocycles. The van der Waals surface area contributed by atoms with Gasteiger partial charge in [0.2, 0.25) is 5.89 Å². The normalized spacial score (nSPS) is 18.6. The second-order valence-electron chi connectivity index (χ2n) is 5.36. The number of nitrogens with two attached hydrogens (primary N) is 1. The van der Waals surface area contributed by atoms with Crippen molar-refractivity contribution in [3.8, 4) is 0 Å². The second kappa shape index (κ2) is 5.02. The van der Waals surface area contributed by atoms with Crippen molar-refractivity contribution in [2.24, 2.45) is 5.73 Å². The highest BCUT2D eigenvalue weighted by atomic mass is 35.5. The quantitative estimate of drug-likeness (QED) is 0.934. The Morgan fingerprint density at radius 2 is 2.05 bits per heavy atom. The number of rotatable bonds is 3. The number of benzene rings is 1. The van der Waals surface area contributed by atoms with Crippen molar-refractivity contribution < 1.29 is 4.52 Å². The van der Waals surface area contributed by atoms with E-state index >= 15 is 0 Å². The van der Waals surface area contributed by atoms with Gasteiger partial charge in [-0.3, -0.25) is 0 Å². The van der Waals surface area contributed by atoms with Crippen LogP contribution in [0, 0.1) is 0 Å². The number of nitrogens with zero attached hydrogens (tertiary/aromatic N) is 2. The summed E-state index contributed by atoms with van der Waals surface area (Å²) in [6.45, 7) is 1.99. The van der Waals surface area contributed by atoms with Gasteiger partial charge in [0.25, 0.3) is 0 Å². The van der Waals surface area contributed by atoms with E-state index in [9.17, 15) is 0 Å². The molecule has 6 heteroatoms. The zero-order valence-corrected chi connectivity index (χ0v) is 12.6. The number of aromatic nitrogens is 2. The first kappa shape index (κ1) is 13.9. The minimum atomic E-state index is -0.404. The number of hydrogen-bond donors (Lipinski definition) is 1. The Labute approximate surface area is 127 Å². The molecule has 20 heavy (non-hydrogen) atoms. The van der Waals surface area contributed by atoms with Gasteiger partial charge in [0.1, 0.15) is 0 Å². The lowest BCUT2D eigenvalue weighted by Crippen LogP contribution is -2.44. The van der Waals surface area contributed by atoms with E-state index in [0.717, 1.165) is 24.8 Å². The largest absolute Gasteiger partial charge is 0.339 e. The lowest BCUT2D eigenvalue weighted by molar-refractivity contribution is 0.228. The van der Waals surface area contributed by atoms with Crippen LogP contribution in [0.1, 0.15) is 49.4 Å². The third-order valence-electron chi connectivity index (χ3n) is 3.95. The summed E-state index contributed by atoms with van der Waals surface area (Å²) in [5.41, 5.74) is 6.77. The van der Waals surface area contributed by atoms with E-state index in [0.29, 0.717) is 21.8 Å². The monoisotopic (exact) mass is 311 g/mol. The molecule has 4 nitrogen and oxygen atoms in total. The summed E-state index contributed by atoms with van der Waals surface area (Å²) in [5.74, 6) is 1.11. The molecule has 1 unspecified atom stereocenters. The van der Waals surface area contributed by atoms with Gasteiger partial charge in [-0.15, -0.1) is 0 Å². The van der Waals surface area contributed by atoms with Crippen LogP contribution in [-0.2, 0) is 5.54 Å². The molecule has 0 spiro atoms. The predicted octanol–water partition coefficient (Wildman–Crippen LogP) is 3.87. The fourth-order valence-electron chi connectivity index (χ4n) is 2.32. The van der Waals surface area contributed by atoms with Crippen molar-refractivity contribution in [1.29, 1.82) is 0 Å². The SMILES string of the molecule is CC(c1ccc(Cl)c(Cl)c1)c1nc(C2(N)CCC2)no1. The fraction of sp³-hybridized carbons (Fsp3) is 0.429. The molecule has 1 fully saturated rings. The van der Waals surface area contributed by atoms with Crippen LogP contribution < -0.4 is 5.73 Å². The van der Waals surface area contributed by atoms with Crippen molar-refractivity contribution in [1.82, 2.24) is 10.1 Å². The Morgan fingerprint density at radius 3 is 2.65 bits per heavy atom. The van der Waals surface area contributed by atoms with Crippen LogP contribution in [0.5, 0.6) is 0 Å². The van der Waals surface area contributed by atoms with E-state index < -0.39 is 5.54 Å². The molecule has 3 rings (SSSR count). The summed E-state index contributed by atoms with van der Waals surface area (Å²) in [7, 11) is 0. The Morgan fingerprint density at radius 1 is 1.30 bits per heavy atom. The van der Waals surface area contributed by atoms with Gasteiger partial charge >= 0.3 is 0 Å². The highest BCUT2D eigenvalue weighted by Gasteiger charge is 2.39. The van der Waals surface area contributed by atoms with Gasteiger partial charge in [0.15, 0.2) is 5.82 Å². The molecule has 1 saturated carbocycles. The van der Waals surface area contributed by atoms with Crippen LogP contribution in [0.2, 0.25) is 10.0 Å². The molecule has 0 amide bonds. The van der Waals surface area contributed by atoms with Gasteiger partial charge in [-0.05, 0) is 43.9 Å². The van der Waals surface area contributed by atoms with Crippen LogP contribution in [0.25, 0.3) is 0 Å². The van der Waals surface area contributed by atoms with Crippen LogP contribution in [0.4, 0.5) is 0 Å². The highest BCUT2D eigenvalue weighted by molar-refractivity contribution is 6.42. The van der Waals surface area contributed by atoms with E-state index in [1.807, 2.05) is 19.1 Å². The minimum absolute atomic E-state index is 0.0466. The summed E-state index contributed by atoms with van der Waals surface area (Å²) < 4.78 is 5.36. The highest BCUT2D eigenvalue weighted by Crippen LogP contribution is 2.38. The first-order valence-corrected chi connectivity index (χ1v) is 7.33. The van der Waals surface area contributed by atoms with Crippen molar-refractivity contribution in [2.75, 3.05) is 0 Å². The number of halogens is 2. The first-order valence-electron chi connectivity index (χ1n) is 6.57. The average molecular weight is 312 g/mol. The Hall–Kier alpha value is -1.10. The molecule has 0 radical (unpaired) electrons. The molecule has 1 aliphatic rings. The summed E-state index contributed by atoms with van der Waals surface area (Å²) >= 11 is 12.0. The summed E-state index contributed by atoms with van der Waals surface area (Å²) in [5, 5.41) is 5.08. The molecule has 1 aromatic carbocycles. The molecular weight excluding hydrogens is 297 g/mol. The molecular formula is C14H15Cl2N3O. The molecule has 0 saturated heterocycles. The van der Waals surface area contributed by atoms with Crippen molar-refractivity contribution in [2.45, 2.75) is 37.6 Å². The van der Waals surface area contributed by atoms with Crippen LogP contribution in [0.3, 0.4) is 0 Å². The molecule has 1 atom stereocenters. The maximum atomic E-state index is 6.20.